The second-order valence-electron chi connectivity index (χ2n) is 13.3. The van der Waals surface area contributed by atoms with Gasteiger partial charge in [-0.2, -0.15) is 0 Å². The highest BCUT2D eigenvalue weighted by atomic mass is 16.6. The van der Waals surface area contributed by atoms with Crippen molar-refractivity contribution in [1.82, 2.24) is 4.90 Å². The summed E-state index contributed by atoms with van der Waals surface area (Å²) < 4.78 is 12.3. The van der Waals surface area contributed by atoms with E-state index in [0.717, 1.165) is 30.4 Å². The summed E-state index contributed by atoms with van der Waals surface area (Å²) in [7, 11) is 3.78. The van der Waals surface area contributed by atoms with Gasteiger partial charge in [0.1, 0.15) is 17.2 Å². The molecule has 0 bridgehead atoms. The Morgan fingerprint density at radius 1 is 1.02 bits per heavy atom. The maximum Gasteiger partial charge on any atom is 0.338 e. The van der Waals surface area contributed by atoms with Crippen molar-refractivity contribution in [3.05, 3.63) is 83.4 Å². The van der Waals surface area contributed by atoms with Crippen LogP contribution in [0.1, 0.15) is 94.3 Å². The van der Waals surface area contributed by atoms with E-state index in [2.05, 4.69) is 51.6 Å². The zero-order chi connectivity index (χ0) is 29.9. The Balaban J connectivity index is 2.06. The molecule has 1 aliphatic rings. The molecule has 3 rings (SSSR count). The zero-order valence-electron chi connectivity index (χ0n) is 26.0. The van der Waals surface area contributed by atoms with Gasteiger partial charge in [0, 0.05) is 5.92 Å². The summed E-state index contributed by atoms with van der Waals surface area (Å²) in [5.41, 5.74) is 1.35. The fourth-order valence-electron chi connectivity index (χ4n) is 6.25. The average Bonchev–Trinajstić information content (AvgIpc) is 2.87. The van der Waals surface area contributed by atoms with Gasteiger partial charge in [0.2, 0.25) is 0 Å². The first-order valence-corrected chi connectivity index (χ1v) is 14.5. The van der Waals surface area contributed by atoms with Gasteiger partial charge in [0.05, 0.1) is 5.56 Å². The highest BCUT2D eigenvalue weighted by molar-refractivity contribution is 5.91. The molecule has 0 aliphatic heterocycles. The number of nitrogens with zero attached hydrogens (tertiary/aromatic N) is 1. The molecule has 0 aromatic heterocycles. The molecule has 1 saturated carbocycles. The predicted octanol–water partition coefficient (Wildman–Crippen LogP) is 7.61. The fourth-order valence-corrected chi connectivity index (χ4v) is 6.25. The van der Waals surface area contributed by atoms with Crippen molar-refractivity contribution >= 4 is 11.9 Å². The van der Waals surface area contributed by atoms with E-state index in [4.69, 9.17) is 9.47 Å². The minimum absolute atomic E-state index is 0.169. The molecule has 4 atom stereocenters. The maximum atomic E-state index is 14.5. The summed E-state index contributed by atoms with van der Waals surface area (Å²) in [6, 6.07) is 16.0. The van der Waals surface area contributed by atoms with E-state index >= 15 is 0 Å². The van der Waals surface area contributed by atoms with E-state index in [0.29, 0.717) is 17.9 Å². The van der Waals surface area contributed by atoms with E-state index in [9.17, 15) is 9.59 Å². The second kappa shape index (κ2) is 12.3. The first-order valence-electron chi connectivity index (χ1n) is 14.5. The van der Waals surface area contributed by atoms with Crippen LogP contribution in [0.5, 0.6) is 0 Å². The van der Waals surface area contributed by atoms with E-state index in [1.807, 2.05) is 58.8 Å². The average molecular weight is 548 g/mol. The van der Waals surface area contributed by atoms with Crippen LogP contribution < -0.4 is 0 Å². The monoisotopic (exact) mass is 547 g/mol. The number of hydrogen-bond donors (Lipinski definition) is 0. The smallest absolute Gasteiger partial charge is 0.338 e. The zero-order valence-corrected chi connectivity index (χ0v) is 26.0. The lowest BCUT2D eigenvalue weighted by Crippen LogP contribution is -2.52. The third-order valence-electron chi connectivity index (χ3n) is 8.62. The number of carbonyl (C=O) groups excluding carboxylic acids is 2. The second-order valence-corrected chi connectivity index (χ2v) is 13.3. The van der Waals surface area contributed by atoms with Gasteiger partial charge in [-0.25, -0.2) is 9.59 Å². The molecule has 1 fully saturated rings. The van der Waals surface area contributed by atoms with Crippen LogP contribution in [0, 0.1) is 18.8 Å². The molecule has 40 heavy (non-hydrogen) atoms. The highest BCUT2D eigenvalue weighted by Crippen LogP contribution is 2.45. The minimum atomic E-state index is -1.15. The quantitative estimate of drug-likeness (QED) is 0.239. The van der Waals surface area contributed by atoms with E-state index < -0.39 is 17.1 Å². The summed E-state index contributed by atoms with van der Waals surface area (Å²) in [6.07, 6.45) is 4.79. The van der Waals surface area contributed by atoms with Crippen LogP contribution >= 0.6 is 0 Å². The Bertz CT molecular complexity index is 1190. The Morgan fingerprint density at radius 2 is 1.68 bits per heavy atom. The third-order valence-corrected chi connectivity index (χ3v) is 8.62. The van der Waals surface area contributed by atoms with Crippen molar-refractivity contribution in [2.75, 3.05) is 14.1 Å². The van der Waals surface area contributed by atoms with Crippen molar-refractivity contribution in [3.8, 4) is 0 Å². The Morgan fingerprint density at radius 3 is 2.25 bits per heavy atom. The molecule has 2 aromatic carbocycles. The molecule has 0 radical (unpaired) electrons. The Hall–Kier alpha value is -2.92. The number of aryl methyl sites for hydroxylation is 1. The molecule has 1 aliphatic carbocycles. The lowest BCUT2D eigenvalue weighted by atomic mass is 9.64. The van der Waals surface area contributed by atoms with Crippen LogP contribution in [0.4, 0.5) is 0 Å². The summed E-state index contributed by atoms with van der Waals surface area (Å²) in [5.74, 6) is -0.0900. The first-order chi connectivity index (χ1) is 18.6. The topological polar surface area (TPSA) is 55.8 Å². The van der Waals surface area contributed by atoms with Gasteiger partial charge in [0.25, 0.3) is 0 Å². The van der Waals surface area contributed by atoms with Gasteiger partial charge in [0.15, 0.2) is 0 Å². The number of carbonyl (C=O) groups is 2. The Kier molecular flexibility index (Phi) is 9.72. The number of benzene rings is 2. The molecule has 218 valence electrons. The van der Waals surface area contributed by atoms with Crippen molar-refractivity contribution in [2.24, 2.45) is 11.8 Å². The molecular formula is C35H49NO4. The fraction of sp³-hybridized carbons (Fsp3) is 0.543. The van der Waals surface area contributed by atoms with Crippen molar-refractivity contribution in [2.45, 2.75) is 96.8 Å². The summed E-state index contributed by atoms with van der Waals surface area (Å²) in [4.78, 5) is 29.4. The van der Waals surface area contributed by atoms with Gasteiger partial charge in [-0.05, 0) is 101 Å². The lowest BCUT2D eigenvalue weighted by molar-refractivity contribution is -0.171. The van der Waals surface area contributed by atoms with Gasteiger partial charge >= 0.3 is 11.9 Å². The molecule has 0 amide bonds. The molecule has 0 saturated heterocycles. The summed E-state index contributed by atoms with van der Waals surface area (Å²) >= 11 is 0. The van der Waals surface area contributed by atoms with Gasteiger partial charge in [-0.15, -0.1) is 6.58 Å². The maximum absolute atomic E-state index is 14.5. The lowest BCUT2D eigenvalue weighted by Gasteiger charge is -2.46. The summed E-state index contributed by atoms with van der Waals surface area (Å²) in [5, 5.41) is 0. The van der Waals surface area contributed by atoms with E-state index in [-0.39, 0.29) is 23.4 Å². The van der Waals surface area contributed by atoms with Crippen molar-refractivity contribution in [3.63, 3.8) is 0 Å². The van der Waals surface area contributed by atoms with Gasteiger partial charge in [-0.3, -0.25) is 4.90 Å². The Labute approximate surface area is 241 Å². The van der Waals surface area contributed by atoms with Crippen LogP contribution in [0.25, 0.3) is 0 Å². The number of rotatable bonds is 9. The van der Waals surface area contributed by atoms with Crippen LogP contribution in [0.15, 0.2) is 61.2 Å². The molecule has 5 nitrogen and oxygen atoms in total. The van der Waals surface area contributed by atoms with Crippen LogP contribution in [-0.4, -0.2) is 42.6 Å². The largest absolute Gasteiger partial charge is 0.460 e. The van der Waals surface area contributed by atoms with Crippen LogP contribution in [0.2, 0.25) is 0 Å². The highest BCUT2D eigenvalue weighted by Gasteiger charge is 2.48. The molecule has 0 N–H and O–H groups in total. The first kappa shape index (κ1) is 31.6. The van der Waals surface area contributed by atoms with E-state index in [1.165, 1.54) is 5.56 Å². The van der Waals surface area contributed by atoms with Crippen LogP contribution in [0.3, 0.4) is 0 Å². The standard InChI is InChI=1S/C35H49NO4/c1-11-21-35(36(9)10,29-23-26(19-18-25(29)3)31(37)40-33(4,5)6)32(38)39-30-22-24(2)17-20-28(30)34(7,8)27-15-13-12-14-16-27/h11-16,18-19,23-24,28,30H,1,17,20-22H2,2-10H3/t24-,28-,30+,35+/m1/s1. The van der Waals surface area contributed by atoms with Crippen molar-refractivity contribution in [1.29, 1.82) is 0 Å². The molecule has 5 heteroatoms. The molecular weight excluding hydrogens is 498 g/mol. The molecule has 0 heterocycles. The van der Waals surface area contributed by atoms with Crippen LogP contribution in [-0.2, 0) is 25.2 Å². The number of hydrogen-bond acceptors (Lipinski definition) is 5. The predicted molar refractivity (Wildman–Crippen MR) is 162 cm³/mol. The number of likely N-dealkylation sites (N-methyl/N-ethyl adjacent to an activating group) is 1. The number of esters is 2. The normalized spacial score (nSPS) is 21.4. The van der Waals surface area contributed by atoms with Crippen molar-refractivity contribution < 1.29 is 19.1 Å². The molecule has 0 spiro atoms. The third kappa shape index (κ3) is 6.68. The van der Waals surface area contributed by atoms with Gasteiger partial charge in [-0.1, -0.05) is 69.7 Å². The van der Waals surface area contributed by atoms with E-state index in [1.54, 1.807) is 18.2 Å². The summed E-state index contributed by atoms with van der Waals surface area (Å²) in [6.45, 7) is 18.3. The van der Waals surface area contributed by atoms with Gasteiger partial charge < -0.3 is 9.47 Å². The SMILES string of the molecule is C=CC[C@@](C(=O)O[C@H]1C[C@H](C)CC[C@H]1C(C)(C)c1ccccc1)(c1cc(C(=O)OC(C)(C)C)ccc1C)N(C)C. The molecule has 0 unspecified atom stereocenters. The molecule has 2 aromatic rings. The minimum Gasteiger partial charge on any atom is -0.460 e. The number of ether oxygens (including phenoxy) is 2.